The Morgan fingerprint density at radius 2 is 2.00 bits per heavy atom. The van der Waals surface area contributed by atoms with Gasteiger partial charge in [0, 0.05) is 20.1 Å². The van der Waals surface area contributed by atoms with Gasteiger partial charge in [0.05, 0.1) is 12.0 Å². The Bertz CT molecular complexity index is 365. The molecule has 0 heterocycles. The van der Waals surface area contributed by atoms with Gasteiger partial charge in [-0.05, 0) is 18.9 Å². The van der Waals surface area contributed by atoms with Crippen molar-refractivity contribution in [3.8, 4) is 0 Å². The standard InChI is InChI=1S/C14H22N2O2/c1-11(17)10-16(2)14(18)13(9-15)8-12-6-4-3-5-7-12/h3-7,11,13,17H,8-10,15H2,1-2H3. The highest BCUT2D eigenvalue weighted by molar-refractivity contribution is 5.79. The van der Waals surface area contributed by atoms with Crippen LogP contribution in [0.15, 0.2) is 30.3 Å². The van der Waals surface area contributed by atoms with Gasteiger partial charge in [-0.25, -0.2) is 0 Å². The minimum absolute atomic E-state index is 0.0118. The minimum atomic E-state index is -0.519. The number of nitrogens with zero attached hydrogens (tertiary/aromatic N) is 1. The summed E-state index contributed by atoms with van der Waals surface area (Å²) in [5.74, 6) is -0.238. The molecule has 0 fully saturated rings. The smallest absolute Gasteiger partial charge is 0.227 e. The molecule has 100 valence electrons. The van der Waals surface area contributed by atoms with Crippen LogP contribution in [0.5, 0.6) is 0 Å². The van der Waals surface area contributed by atoms with E-state index in [2.05, 4.69) is 0 Å². The van der Waals surface area contributed by atoms with Crippen LogP contribution in [0.2, 0.25) is 0 Å². The molecule has 18 heavy (non-hydrogen) atoms. The molecule has 2 unspecified atom stereocenters. The van der Waals surface area contributed by atoms with Gasteiger partial charge < -0.3 is 15.7 Å². The highest BCUT2D eigenvalue weighted by atomic mass is 16.3. The molecule has 0 aromatic heterocycles. The molecule has 0 spiro atoms. The van der Waals surface area contributed by atoms with Gasteiger partial charge >= 0.3 is 0 Å². The number of rotatable bonds is 6. The first kappa shape index (κ1) is 14.7. The quantitative estimate of drug-likeness (QED) is 0.779. The lowest BCUT2D eigenvalue weighted by Gasteiger charge is -2.24. The van der Waals surface area contributed by atoms with Gasteiger partial charge in [0.1, 0.15) is 0 Å². The molecule has 0 saturated heterocycles. The van der Waals surface area contributed by atoms with Gasteiger partial charge in [0.2, 0.25) is 5.91 Å². The third-order valence-electron chi connectivity index (χ3n) is 2.87. The van der Waals surface area contributed by atoms with Gasteiger partial charge in [-0.1, -0.05) is 30.3 Å². The summed E-state index contributed by atoms with van der Waals surface area (Å²) in [6, 6.07) is 9.83. The van der Waals surface area contributed by atoms with Crippen LogP contribution in [0.3, 0.4) is 0 Å². The fourth-order valence-corrected chi connectivity index (χ4v) is 1.97. The maximum absolute atomic E-state index is 12.1. The molecular weight excluding hydrogens is 228 g/mol. The number of carbonyl (C=O) groups is 1. The topological polar surface area (TPSA) is 66.6 Å². The van der Waals surface area contributed by atoms with Gasteiger partial charge in [-0.3, -0.25) is 4.79 Å². The van der Waals surface area contributed by atoms with Gasteiger partial charge in [0.25, 0.3) is 0 Å². The van der Waals surface area contributed by atoms with Crippen LogP contribution in [0.4, 0.5) is 0 Å². The molecule has 1 rings (SSSR count). The Morgan fingerprint density at radius 3 is 2.50 bits per heavy atom. The van der Waals surface area contributed by atoms with Crippen LogP contribution in [-0.4, -0.2) is 42.2 Å². The summed E-state index contributed by atoms with van der Waals surface area (Å²) >= 11 is 0. The van der Waals surface area contributed by atoms with Gasteiger partial charge in [0.15, 0.2) is 0 Å². The lowest BCUT2D eigenvalue weighted by molar-refractivity contribution is -0.135. The zero-order valence-electron chi connectivity index (χ0n) is 11.0. The second kappa shape index (κ2) is 7.13. The summed E-state index contributed by atoms with van der Waals surface area (Å²) in [4.78, 5) is 13.7. The summed E-state index contributed by atoms with van der Waals surface area (Å²) in [7, 11) is 1.70. The fourth-order valence-electron chi connectivity index (χ4n) is 1.97. The van der Waals surface area contributed by atoms with E-state index in [1.54, 1.807) is 18.9 Å². The van der Waals surface area contributed by atoms with E-state index in [4.69, 9.17) is 5.73 Å². The SMILES string of the molecule is CC(O)CN(C)C(=O)C(CN)Cc1ccccc1. The largest absolute Gasteiger partial charge is 0.392 e. The summed E-state index contributed by atoms with van der Waals surface area (Å²) in [6.07, 6.45) is 0.120. The Hall–Kier alpha value is -1.39. The van der Waals surface area contributed by atoms with E-state index in [0.717, 1.165) is 5.56 Å². The van der Waals surface area contributed by atoms with E-state index in [-0.39, 0.29) is 11.8 Å². The molecule has 3 N–H and O–H groups in total. The normalized spacial score (nSPS) is 14.0. The number of amides is 1. The predicted molar refractivity (Wildman–Crippen MR) is 72.0 cm³/mol. The molecule has 4 nitrogen and oxygen atoms in total. The Balaban J connectivity index is 2.63. The zero-order chi connectivity index (χ0) is 13.5. The third kappa shape index (κ3) is 4.47. The number of likely N-dealkylation sites (N-methyl/N-ethyl adjacent to an activating group) is 1. The van der Waals surface area contributed by atoms with Crippen molar-refractivity contribution in [1.29, 1.82) is 0 Å². The fraction of sp³-hybridized carbons (Fsp3) is 0.500. The van der Waals surface area contributed by atoms with Crippen molar-refractivity contribution in [1.82, 2.24) is 4.90 Å². The van der Waals surface area contributed by atoms with Crippen molar-refractivity contribution in [2.45, 2.75) is 19.4 Å². The highest BCUT2D eigenvalue weighted by Gasteiger charge is 2.21. The van der Waals surface area contributed by atoms with Crippen LogP contribution in [0.25, 0.3) is 0 Å². The van der Waals surface area contributed by atoms with E-state index in [1.807, 2.05) is 30.3 Å². The van der Waals surface area contributed by atoms with Crippen molar-refractivity contribution < 1.29 is 9.90 Å². The number of nitrogens with two attached hydrogens (primary N) is 1. The second-order valence-electron chi connectivity index (χ2n) is 4.69. The van der Waals surface area contributed by atoms with Crippen LogP contribution in [-0.2, 0) is 11.2 Å². The molecule has 0 aliphatic carbocycles. The number of aliphatic hydroxyl groups is 1. The number of carbonyl (C=O) groups excluding carboxylic acids is 1. The maximum atomic E-state index is 12.1. The van der Waals surface area contributed by atoms with E-state index in [0.29, 0.717) is 19.5 Å². The molecule has 1 amide bonds. The van der Waals surface area contributed by atoms with Crippen molar-refractivity contribution in [3.63, 3.8) is 0 Å². The van der Waals surface area contributed by atoms with Crippen LogP contribution >= 0.6 is 0 Å². The first-order valence-electron chi connectivity index (χ1n) is 6.21. The average Bonchev–Trinajstić information content (AvgIpc) is 2.35. The Labute approximate surface area is 108 Å². The Morgan fingerprint density at radius 1 is 1.39 bits per heavy atom. The number of benzene rings is 1. The van der Waals surface area contributed by atoms with E-state index >= 15 is 0 Å². The first-order chi connectivity index (χ1) is 8.54. The molecular formula is C14H22N2O2. The molecule has 0 aliphatic heterocycles. The molecule has 4 heteroatoms. The summed E-state index contributed by atoms with van der Waals surface area (Å²) in [5, 5.41) is 9.29. The zero-order valence-corrected chi connectivity index (χ0v) is 11.0. The summed E-state index contributed by atoms with van der Waals surface area (Å²) in [6.45, 7) is 2.32. The van der Waals surface area contributed by atoms with E-state index < -0.39 is 6.10 Å². The van der Waals surface area contributed by atoms with Crippen molar-refractivity contribution in [2.24, 2.45) is 11.7 Å². The van der Waals surface area contributed by atoms with Crippen molar-refractivity contribution in [3.05, 3.63) is 35.9 Å². The molecule has 2 atom stereocenters. The second-order valence-corrected chi connectivity index (χ2v) is 4.69. The molecule has 0 bridgehead atoms. The lowest BCUT2D eigenvalue weighted by Crippen LogP contribution is -2.40. The monoisotopic (exact) mass is 250 g/mol. The number of aliphatic hydroxyl groups excluding tert-OH is 1. The van der Waals surface area contributed by atoms with Crippen molar-refractivity contribution in [2.75, 3.05) is 20.1 Å². The number of hydrogen-bond donors (Lipinski definition) is 2. The third-order valence-corrected chi connectivity index (χ3v) is 2.87. The van der Waals surface area contributed by atoms with Crippen LogP contribution in [0.1, 0.15) is 12.5 Å². The minimum Gasteiger partial charge on any atom is -0.392 e. The first-order valence-corrected chi connectivity index (χ1v) is 6.21. The Kier molecular flexibility index (Phi) is 5.82. The molecule has 1 aromatic rings. The van der Waals surface area contributed by atoms with E-state index in [1.165, 1.54) is 0 Å². The lowest BCUT2D eigenvalue weighted by atomic mass is 9.98. The maximum Gasteiger partial charge on any atom is 0.227 e. The van der Waals surface area contributed by atoms with E-state index in [9.17, 15) is 9.90 Å². The molecule has 1 aromatic carbocycles. The van der Waals surface area contributed by atoms with Crippen LogP contribution < -0.4 is 5.73 Å². The highest BCUT2D eigenvalue weighted by Crippen LogP contribution is 2.10. The van der Waals surface area contributed by atoms with Gasteiger partial charge in [-0.15, -0.1) is 0 Å². The van der Waals surface area contributed by atoms with Crippen molar-refractivity contribution >= 4 is 5.91 Å². The molecule has 0 saturated carbocycles. The average molecular weight is 250 g/mol. The number of hydrogen-bond acceptors (Lipinski definition) is 3. The van der Waals surface area contributed by atoms with Gasteiger partial charge in [-0.2, -0.15) is 0 Å². The summed E-state index contributed by atoms with van der Waals surface area (Å²) < 4.78 is 0. The molecule has 0 aliphatic rings. The van der Waals surface area contributed by atoms with Crippen LogP contribution in [0, 0.1) is 5.92 Å². The predicted octanol–water partition coefficient (Wildman–Crippen LogP) is 0.643. The molecule has 0 radical (unpaired) electrons. The summed E-state index contributed by atoms with van der Waals surface area (Å²) in [5.41, 5.74) is 6.78.